The Hall–Kier alpha value is -1.95. The average molecular weight is 591 g/mol. The lowest BCUT2D eigenvalue weighted by Crippen LogP contribution is -2.48. The van der Waals surface area contributed by atoms with Crippen molar-refractivity contribution >= 4 is 28.3 Å². The van der Waals surface area contributed by atoms with Gasteiger partial charge in [-0.05, 0) is 65.5 Å². The van der Waals surface area contributed by atoms with Gasteiger partial charge in [-0.25, -0.2) is 8.78 Å². The number of carbonyl (C=O) groups is 2. The van der Waals surface area contributed by atoms with Gasteiger partial charge in [-0.1, -0.05) is 32.6 Å². The van der Waals surface area contributed by atoms with Crippen molar-refractivity contribution in [3.8, 4) is 0 Å². The Bertz CT molecular complexity index is 1100. The zero-order chi connectivity index (χ0) is 29.9. The Morgan fingerprint density at radius 1 is 1.23 bits per heavy atom. The minimum absolute atomic E-state index is 0.0815. The smallest absolute Gasteiger partial charge is 0.323 e. The highest BCUT2D eigenvalue weighted by Crippen LogP contribution is 2.44. The summed E-state index contributed by atoms with van der Waals surface area (Å²) in [6, 6.07) is 0.248. The van der Waals surface area contributed by atoms with Gasteiger partial charge in [0.05, 0.1) is 25.6 Å². The van der Waals surface area contributed by atoms with Gasteiger partial charge in [0, 0.05) is 29.3 Å². The monoisotopic (exact) mass is 590 g/mol. The van der Waals surface area contributed by atoms with Crippen LogP contribution in [0.4, 0.5) is 12.7 Å². The number of fused-ring (bicyclic) bond motifs is 1. The van der Waals surface area contributed by atoms with Gasteiger partial charge in [0.2, 0.25) is 11.8 Å². The lowest BCUT2D eigenvalue weighted by atomic mass is 9.77. The fraction of sp³-hybridized carbons (Fsp3) is 0.821. The SMILES string of the molecule is CCCCCC[C@@H]1CC(C)(N(C)C(C)C)CCC2C(C(=O)NCC(=O)N3CC(F)(F)CC3S(=O)(=O)F)=CC=NC21. The lowest BCUT2D eigenvalue weighted by molar-refractivity contribution is -0.133. The van der Waals surface area contributed by atoms with Crippen molar-refractivity contribution in [3.05, 3.63) is 11.6 Å². The predicted octanol–water partition coefficient (Wildman–Crippen LogP) is 4.46. The van der Waals surface area contributed by atoms with Gasteiger partial charge in [0.15, 0.2) is 5.37 Å². The molecule has 5 atom stereocenters. The third-order valence-corrected chi connectivity index (χ3v) is 10.2. The first kappa shape index (κ1) is 32.6. The Morgan fingerprint density at radius 3 is 2.55 bits per heavy atom. The van der Waals surface area contributed by atoms with Crippen molar-refractivity contribution in [2.24, 2.45) is 16.8 Å². The Labute approximate surface area is 237 Å². The summed E-state index contributed by atoms with van der Waals surface area (Å²) in [5.41, 5.74) is 0.395. The molecule has 0 radical (unpaired) electrons. The van der Waals surface area contributed by atoms with Gasteiger partial charge >= 0.3 is 10.2 Å². The van der Waals surface area contributed by atoms with Gasteiger partial charge in [-0.2, -0.15) is 8.42 Å². The number of nitrogens with one attached hydrogen (secondary N) is 1. The second-order valence-corrected chi connectivity index (χ2v) is 13.8. The summed E-state index contributed by atoms with van der Waals surface area (Å²) in [4.78, 5) is 33.5. The standard InChI is InChI=1S/C28H45F3N4O4S/c1-6-7-8-9-10-20-15-27(4,34(5)19(2)3)13-11-21-22(12-14-32-25(20)21)26(37)33-17-23(36)35-18-28(29,30)16-24(35)40(31,38)39/h12,14,19-21,24-25H,6-11,13,15-18H2,1-5H3,(H,33,37)/t20-,21?,24?,25?,27?/m1/s1. The van der Waals surface area contributed by atoms with Gasteiger partial charge in [-0.3, -0.25) is 19.5 Å². The fourth-order valence-corrected chi connectivity index (χ4v) is 7.54. The van der Waals surface area contributed by atoms with Crippen molar-refractivity contribution in [1.82, 2.24) is 15.1 Å². The highest BCUT2D eigenvalue weighted by molar-refractivity contribution is 7.87. The third-order valence-electron chi connectivity index (χ3n) is 9.09. The number of likely N-dealkylation sites (tertiary alicyclic amines) is 1. The zero-order valence-electron chi connectivity index (χ0n) is 24.3. The topological polar surface area (TPSA) is 99.1 Å². The van der Waals surface area contributed by atoms with E-state index in [0.29, 0.717) is 16.5 Å². The lowest BCUT2D eigenvalue weighted by Gasteiger charge is -2.43. The molecule has 1 saturated heterocycles. The second kappa shape index (κ2) is 12.9. The number of halogens is 3. The number of hydrogen-bond acceptors (Lipinski definition) is 6. The molecule has 0 spiro atoms. The summed E-state index contributed by atoms with van der Waals surface area (Å²) in [5.74, 6) is -5.03. The highest BCUT2D eigenvalue weighted by atomic mass is 32.3. The molecule has 0 aromatic heterocycles. The maximum atomic E-state index is 13.8. The van der Waals surface area contributed by atoms with Crippen LogP contribution in [-0.2, 0) is 19.8 Å². The molecular formula is C28H45F3N4O4S. The predicted molar refractivity (Wildman–Crippen MR) is 149 cm³/mol. The molecular weight excluding hydrogens is 545 g/mol. The normalized spacial score (nSPS) is 30.2. The Kier molecular flexibility index (Phi) is 10.5. The molecule has 3 aliphatic rings. The molecule has 0 aromatic carbocycles. The van der Waals surface area contributed by atoms with Gasteiger partial charge in [0.25, 0.3) is 5.92 Å². The van der Waals surface area contributed by atoms with Crippen molar-refractivity contribution in [2.45, 2.75) is 114 Å². The van der Waals surface area contributed by atoms with Crippen LogP contribution in [0.5, 0.6) is 0 Å². The van der Waals surface area contributed by atoms with E-state index < -0.39 is 52.8 Å². The number of dihydropyridines is 1. The van der Waals surface area contributed by atoms with E-state index in [2.05, 4.69) is 45.0 Å². The van der Waals surface area contributed by atoms with Crippen LogP contribution in [0.3, 0.4) is 0 Å². The van der Waals surface area contributed by atoms with Gasteiger partial charge in [-0.15, -0.1) is 3.89 Å². The summed E-state index contributed by atoms with van der Waals surface area (Å²) < 4.78 is 64.1. The number of amides is 2. The summed E-state index contributed by atoms with van der Waals surface area (Å²) in [7, 11) is -3.27. The zero-order valence-corrected chi connectivity index (χ0v) is 25.2. The van der Waals surface area contributed by atoms with Crippen LogP contribution in [0.15, 0.2) is 16.6 Å². The van der Waals surface area contributed by atoms with Crippen LogP contribution in [0.25, 0.3) is 0 Å². The van der Waals surface area contributed by atoms with Crippen LogP contribution < -0.4 is 5.32 Å². The first-order chi connectivity index (χ1) is 18.6. The molecule has 0 aromatic rings. The molecule has 0 bridgehead atoms. The highest BCUT2D eigenvalue weighted by Gasteiger charge is 2.52. The first-order valence-electron chi connectivity index (χ1n) is 14.4. The van der Waals surface area contributed by atoms with Crippen LogP contribution in [0.1, 0.15) is 85.5 Å². The molecule has 2 heterocycles. The molecule has 1 aliphatic carbocycles. The molecule has 12 heteroatoms. The van der Waals surface area contributed by atoms with Crippen LogP contribution >= 0.6 is 0 Å². The molecule has 1 saturated carbocycles. The van der Waals surface area contributed by atoms with Crippen LogP contribution in [0, 0.1) is 11.8 Å². The van der Waals surface area contributed by atoms with E-state index >= 15 is 0 Å². The van der Waals surface area contributed by atoms with E-state index in [1.807, 2.05) is 0 Å². The molecule has 8 nitrogen and oxygen atoms in total. The molecule has 2 aliphatic heterocycles. The minimum Gasteiger partial charge on any atom is -0.343 e. The second-order valence-electron chi connectivity index (χ2n) is 12.3. The number of hydrogen-bond donors (Lipinski definition) is 1. The number of alkyl halides is 2. The number of nitrogens with zero attached hydrogens (tertiary/aromatic N) is 3. The first-order valence-corrected chi connectivity index (χ1v) is 15.9. The minimum atomic E-state index is -5.41. The number of aliphatic imine (C=N–C) groups is 1. The molecule has 4 unspecified atom stereocenters. The van der Waals surface area contributed by atoms with E-state index in [1.165, 1.54) is 6.42 Å². The maximum Gasteiger partial charge on any atom is 0.323 e. The van der Waals surface area contributed by atoms with E-state index in [0.717, 1.165) is 44.9 Å². The average Bonchev–Trinajstić information content (AvgIpc) is 3.14. The summed E-state index contributed by atoms with van der Waals surface area (Å²) in [6.45, 7) is 6.87. The summed E-state index contributed by atoms with van der Waals surface area (Å²) >= 11 is 0. The van der Waals surface area contributed by atoms with Gasteiger partial charge < -0.3 is 10.2 Å². The number of unbranched alkanes of at least 4 members (excludes halogenated alkanes) is 3. The van der Waals surface area contributed by atoms with E-state index in [4.69, 9.17) is 4.99 Å². The molecule has 1 N–H and O–H groups in total. The number of rotatable bonds is 11. The Balaban J connectivity index is 1.76. The molecule has 2 fully saturated rings. The van der Waals surface area contributed by atoms with Crippen LogP contribution in [-0.4, -0.2) is 85.3 Å². The molecule has 40 heavy (non-hydrogen) atoms. The van der Waals surface area contributed by atoms with Crippen molar-refractivity contribution in [1.29, 1.82) is 0 Å². The van der Waals surface area contributed by atoms with Gasteiger partial charge in [0.1, 0.15) is 0 Å². The fourth-order valence-electron chi connectivity index (χ4n) is 6.60. The quantitative estimate of drug-likeness (QED) is 0.283. The van der Waals surface area contributed by atoms with E-state index in [-0.39, 0.29) is 23.4 Å². The maximum absolute atomic E-state index is 13.8. The van der Waals surface area contributed by atoms with Crippen molar-refractivity contribution in [3.63, 3.8) is 0 Å². The third kappa shape index (κ3) is 7.66. The summed E-state index contributed by atoms with van der Waals surface area (Å²) in [6.07, 6.45) is 10.0. The number of carbonyl (C=O) groups excluding carboxylic acids is 2. The molecule has 228 valence electrons. The largest absolute Gasteiger partial charge is 0.343 e. The Morgan fingerprint density at radius 2 is 1.93 bits per heavy atom. The van der Waals surface area contributed by atoms with E-state index in [9.17, 15) is 30.7 Å². The number of allylic oxidation sites excluding steroid dienone is 1. The van der Waals surface area contributed by atoms with Crippen LogP contribution in [0.2, 0.25) is 0 Å². The van der Waals surface area contributed by atoms with Crippen molar-refractivity contribution < 1.29 is 30.7 Å². The molecule has 2 amide bonds. The summed E-state index contributed by atoms with van der Waals surface area (Å²) in [5, 5.41) is 0.225. The van der Waals surface area contributed by atoms with Crippen molar-refractivity contribution in [2.75, 3.05) is 20.1 Å². The van der Waals surface area contributed by atoms with E-state index in [1.54, 1.807) is 12.3 Å². The molecule has 3 rings (SSSR count).